The number of anilines is 2. The molecule has 4 rings (SSSR count). The molecule has 10 heteroatoms. The van der Waals surface area contributed by atoms with E-state index in [1.54, 1.807) is 11.0 Å². The molecule has 37 heavy (non-hydrogen) atoms. The molecule has 0 unspecified atom stereocenters. The van der Waals surface area contributed by atoms with Crippen molar-refractivity contribution in [1.29, 1.82) is 0 Å². The van der Waals surface area contributed by atoms with E-state index in [9.17, 15) is 19.5 Å². The third-order valence-corrected chi connectivity index (χ3v) is 6.37. The number of rotatable bonds is 6. The number of carbonyl (C=O) groups is 3. The van der Waals surface area contributed by atoms with E-state index < -0.39 is 17.5 Å². The highest BCUT2D eigenvalue weighted by Crippen LogP contribution is 2.31. The lowest BCUT2D eigenvalue weighted by atomic mass is 10.1. The molecule has 0 radical (unpaired) electrons. The molecule has 0 spiro atoms. The summed E-state index contributed by atoms with van der Waals surface area (Å²) >= 11 is 0. The first kappa shape index (κ1) is 26.2. The lowest BCUT2D eigenvalue weighted by molar-refractivity contribution is 0.0126. The number of hydrogen-bond acceptors (Lipinski definition) is 7. The number of carboxylic acids is 1. The minimum atomic E-state index is -1.16. The van der Waals surface area contributed by atoms with E-state index in [0.29, 0.717) is 37.2 Å². The van der Waals surface area contributed by atoms with Crippen LogP contribution in [-0.4, -0.2) is 70.8 Å². The molecule has 198 valence electrons. The number of carboxylic acid groups (broad SMARTS) is 1. The van der Waals surface area contributed by atoms with E-state index in [4.69, 9.17) is 9.47 Å². The van der Waals surface area contributed by atoms with Gasteiger partial charge in [-0.15, -0.1) is 0 Å². The first-order valence-corrected chi connectivity index (χ1v) is 12.6. The molecular formula is C27H34N4O6. The molecule has 1 aromatic heterocycles. The Bertz CT molecular complexity index is 1150. The maximum Gasteiger partial charge on any atom is 0.410 e. The Morgan fingerprint density at radius 3 is 2.38 bits per heavy atom. The highest BCUT2D eigenvalue weighted by Gasteiger charge is 2.29. The normalized spacial score (nSPS) is 16.4. The molecule has 2 aliphatic heterocycles. The van der Waals surface area contributed by atoms with Gasteiger partial charge in [-0.25, -0.2) is 9.59 Å². The van der Waals surface area contributed by atoms with Crippen molar-refractivity contribution >= 4 is 29.3 Å². The smallest absolute Gasteiger partial charge is 0.410 e. The van der Waals surface area contributed by atoms with Gasteiger partial charge in [0, 0.05) is 57.0 Å². The molecule has 10 nitrogen and oxygen atoms in total. The number of carbonyl (C=O) groups excluding carboxylic acids is 2. The molecule has 3 heterocycles. The number of piperidine rings is 1. The predicted octanol–water partition coefficient (Wildman–Crippen LogP) is 4.41. The Hall–Kier alpha value is -3.82. The second-order valence-electron chi connectivity index (χ2n) is 10.3. The zero-order valence-electron chi connectivity index (χ0n) is 21.5. The van der Waals surface area contributed by atoms with Crippen LogP contribution in [-0.2, 0) is 4.74 Å². The summed E-state index contributed by atoms with van der Waals surface area (Å²) in [7, 11) is 0. The van der Waals surface area contributed by atoms with Crippen LogP contribution in [0.25, 0.3) is 0 Å². The van der Waals surface area contributed by atoms with Crippen LogP contribution in [0.5, 0.6) is 5.75 Å². The van der Waals surface area contributed by atoms with E-state index in [0.717, 1.165) is 31.6 Å². The number of likely N-dealkylation sites (tertiary alicyclic amines) is 1. The highest BCUT2D eigenvalue weighted by molar-refractivity contribution is 6.09. The van der Waals surface area contributed by atoms with E-state index in [1.165, 1.54) is 18.5 Å². The predicted molar refractivity (Wildman–Crippen MR) is 138 cm³/mol. The van der Waals surface area contributed by atoms with Crippen LogP contribution in [0.3, 0.4) is 0 Å². The van der Waals surface area contributed by atoms with Crippen LogP contribution >= 0.6 is 0 Å². The largest absolute Gasteiger partial charge is 0.489 e. The van der Waals surface area contributed by atoms with Crippen molar-refractivity contribution in [3.63, 3.8) is 0 Å². The number of aromatic carboxylic acids is 1. The third-order valence-electron chi connectivity index (χ3n) is 6.37. The number of hydrogen-bond donors (Lipinski definition) is 2. The zero-order chi connectivity index (χ0) is 26.6. The number of ether oxygens (including phenoxy) is 2. The van der Waals surface area contributed by atoms with Gasteiger partial charge in [0.05, 0.1) is 23.0 Å². The second-order valence-corrected chi connectivity index (χ2v) is 10.3. The van der Waals surface area contributed by atoms with Crippen LogP contribution in [0.1, 0.15) is 67.2 Å². The molecule has 0 aliphatic carbocycles. The van der Waals surface area contributed by atoms with E-state index in [-0.39, 0.29) is 23.4 Å². The van der Waals surface area contributed by atoms with Crippen molar-refractivity contribution in [1.82, 2.24) is 9.88 Å². The van der Waals surface area contributed by atoms with Crippen LogP contribution < -0.4 is 15.0 Å². The first-order chi connectivity index (χ1) is 17.6. The first-order valence-electron chi connectivity index (χ1n) is 12.6. The van der Waals surface area contributed by atoms with Gasteiger partial charge in [-0.3, -0.25) is 9.78 Å². The molecule has 2 saturated heterocycles. The van der Waals surface area contributed by atoms with Crippen LogP contribution in [0.15, 0.2) is 36.7 Å². The minimum Gasteiger partial charge on any atom is -0.489 e. The van der Waals surface area contributed by atoms with Gasteiger partial charge in [-0.2, -0.15) is 0 Å². The molecule has 2 fully saturated rings. The Labute approximate surface area is 216 Å². The quantitative estimate of drug-likeness (QED) is 0.586. The summed E-state index contributed by atoms with van der Waals surface area (Å²) in [5, 5.41) is 12.1. The van der Waals surface area contributed by atoms with Gasteiger partial charge in [0.15, 0.2) is 0 Å². The number of benzene rings is 1. The van der Waals surface area contributed by atoms with Crippen molar-refractivity contribution in [2.45, 2.75) is 58.2 Å². The lowest BCUT2D eigenvalue weighted by Crippen LogP contribution is -2.44. The molecule has 2 aliphatic rings. The minimum absolute atomic E-state index is 0.0472. The lowest BCUT2D eigenvalue weighted by Gasteiger charge is -2.34. The number of nitrogens with one attached hydrogen (secondary N) is 1. The second kappa shape index (κ2) is 11.1. The van der Waals surface area contributed by atoms with Crippen molar-refractivity contribution in [3.05, 3.63) is 47.8 Å². The molecule has 0 atom stereocenters. The third kappa shape index (κ3) is 6.69. The Kier molecular flexibility index (Phi) is 7.85. The fraction of sp³-hybridized carbons (Fsp3) is 0.481. The van der Waals surface area contributed by atoms with E-state index in [2.05, 4.69) is 15.2 Å². The Morgan fingerprint density at radius 1 is 1.03 bits per heavy atom. The summed E-state index contributed by atoms with van der Waals surface area (Å²) in [5.41, 5.74) is 0.784. The topological polar surface area (TPSA) is 121 Å². The van der Waals surface area contributed by atoms with Crippen molar-refractivity contribution < 1.29 is 29.0 Å². The fourth-order valence-electron chi connectivity index (χ4n) is 4.50. The summed E-state index contributed by atoms with van der Waals surface area (Å²) in [6.45, 7) is 8.38. The molecule has 2 aromatic rings. The number of nitrogens with zero attached hydrogens (tertiary/aromatic N) is 3. The van der Waals surface area contributed by atoms with Gasteiger partial charge >= 0.3 is 12.1 Å². The zero-order valence-corrected chi connectivity index (χ0v) is 21.5. The Morgan fingerprint density at radius 2 is 1.73 bits per heavy atom. The van der Waals surface area contributed by atoms with Crippen molar-refractivity contribution in [2.24, 2.45) is 0 Å². The summed E-state index contributed by atoms with van der Waals surface area (Å²) in [6, 6.07) is 6.82. The van der Waals surface area contributed by atoms with Crippen molar-refractivity contribution in [3.8, 4) is 5.75 Å². The van der Waals surface area contributed by atoms with E-state index in [1.807, 2.05) is 32.9 Å². The molecule has 2 amide bonds. The standard InChI is InChI=1S/C27H34N4O6/c1-27(2,3)37-26(35)31-14-9-19(10-15-31)36-23-16-18(30-12-4-5-13-30)6-7-21(23)24(32)29-22-17-28-11-8-20(22)25(33)34/h6-8,11,16-17,19H,4-5,9-10,12-15H2,1-3H3,(H,29,32)(H,33,34). The molecule has 2 N–H and O–H groups in total. The Balaban J connectivity index is 1.51. The SMILES string of the molecule is CC(C)(C)OC(=O)N1CCC(Oc2cc(N3CCCC3)ccc2C(=O)Nc2cnccc2C(=O)O)CC1. The fourth-order valence-corrected chi connectivity index (χ4v) is 4.50. The van der Waals surface area contributed by atoms with Gasteiger partial charge in [-0.05, 0) is 51.8 Å². The summed E-state index contributed by atoms with van der Waals surface area (Å²) in [5.74, 6) is -1.21. The monoisotopic (exact) mass is 510 g/mol. The summed E-state index contributed by atoms with van der Waals surface area (Å²) in [6.07, 6.45) is 5.57. The number of pyridine rings is 1. The van der Waals surface area contributed by atoms with Gasteiger partial charge in [-0.1, -0.05) is 0 Å². The average molecular weight is 511 g/mol. The van der Waals surface area contributed by atoms with Crippen LogP contribution in [0.4, 0.5) is 16.2 Å². The summed E-state index contributed by atoms with van der Waals surface area (Å²) < 4.78 is 11.8. The molecule has 0 bridgehead atoms. The highest BCUT2D eigenvalue weighted by atomic mass is 16.6. The van der Waals surface area contributed by atoms with Gasteiger partial charge in [0.1, 0.15) is 17.5 Å². The molecule has 0 saturated carbocycles. The van der Waals surface area contributed by atoms with Crippen LogP contribution in [0, 0.1) is 0 Å². The summed E-state index contributed by atoms with van der Waals surface area (Å²) in [4.78, 5) is 45.1. The van der Waals surface area contributed by atoms with Gasteiger partial charge < -0.3 is 29.7 Å². The van der Waals surface area contributed by atoms with E-state index >= 15 is 0 Å². The maximum absolute atomic E-state index is 13.3. The number of amides is 2. The number of aromatic nitrogens is 1. The average Bonchev–Trinajstić information content (AvgIpc) is 3.39. The van der Waals surface area contributed by atoms with Crippen molar-refractivity contribution in [2.75, 3.05) is 36.4 Å². The molecule has 1 aromatic carbocycles. The van der Waals surface area contributed by atoms with Gasteiger partial charge in [0.2, 0.25) is 0 Å². The van der Waals surface area contributed by atoms with Crippen LogP contribution in [0.2, 0.25) is 0 Å². The van der Waals surface area contributed by atoms with Gasteiger partial charge in [0.25, 0.3) is 5.91 Å². The molecular weight excluding hydrogens is 476 g/mol. The maximum atomic E-state index is 13.3.